The van der Waals surface area contributed by atoms with E-state index in [1.165, 1.54) is 4.90 Å². The zero-order valence-corrected chi connectivity index (χ0v) is 13.0. The first-order chi connectivity index (χ1) is 9.72. The minimum atomic E-state index is -0.858. The summed E-state index contributed by atoms with van der Waals surface area (Å²) in [5, 5.41) is 3.17. The molecule has 2 aliphatic heterocycles. The van der Waals surface area contributed by atoms with Crippen molar-refractivity contribution in [1.82, 2.24) is 10.2 Å². The molecule has 0 aromatic heterocycles. The average molecular weight is 299 g/mol. The van der Waals surface area contributed by atoms with Gasteiger partial charge in [0.15, 0.2) is 0 Å². The predicted molar refractivity (Wildman–Crippen MR) is 76.7 cm³/mol. The van der Waals surface area contributed by atoms with Gasteiger partial charge in [0.05, 0.1) is 19.2 Å². The summed E-state index contributed by atoms with van der Waals surface area (Å²) in [6, 6.07) is 0. The van der Waals surface area contributed by atoms with Gasteiger partial charge in [-0.2, -0.15) is 0 Å². The normalized spacial score (nSPS) is 24.5. The summed E-state index contributed by atoms with van der Waals surface area (Å²) in [7, 11) is 0. The molecule has 2 heterocycles. The fourth-order valence-electron chi connectivity index (χ4n) is 2.53. The Kier molecular flexibility index (Phi) is 4.43. The van der Waals surface area contributed by atoms with Crippen LogP contribution in [0, 0.1) is 0 Å². The molecule has 0 saturated carbocycles. The number of ether oxygens (including phenoxy) is 2. The summed E-state index contributed by atoms with van der Waals surface area (Å²) in [6.45, 7) is 7.24. The van der Waals surface area contributed by atoms with Gasteiger partial charge in [0.25, 0.3) is 0 Å². The Morgan fingerprint density at radius 1 is 1.43 bits per heavy atom. The standard InChI is InChI=1S/C14H25N3O4/c1-13(2,3)21-12(19)17-8-14(9-17,11(15)18)16-7-10-5-4-6-20-10/h10,16H,4-9H2,1-3H3,(H2,15,18). The van der Waals surface area contributed by atoms with Crippen LogP contribution in [0.25, 0.3) is 0 Å². The number of amides is 2. The number of primary amides is 1. The van der Waals surface area contributed by atoms with E-state index in [1.807, 2.05) is 20.8 Å². The van der Waals surface area contributed by atoms with Crippen molar-refractivity contribution < 1.29 is 19.1 Å². The van der Waals surface area contributed by atoms with Crippen molar-refractivity contribution in [3.05, 3.63) is 0 Å². The minimum Gasteiger partial charge on any atom is -0.444 e. The highest BCUT2D eigenvalue weighted by Gasteiger charge is 2.51. The Morgan fingerprint density at radius 2 is 2.10 bits per heavy atom. The molecule has 2 saturated heterocycles. The number of hydrogen-bond acceptors (Lipinski definition) is 5. The van der Waals surface area contributed by atoms with E-state index in [-0.39, 0.29) is 19.2 Å². The molecule has 7 heteroatoms. The molecule has 120 valence electrons. The number of nitrogens with two attached hydrogens (primary N) is 1. The second-order valence-corrected chi connectivity index (χ2v) is 6.80. The van der Waals surface area contributed by atoms with E-state index >= 15 is 0 Å². The summed E-state index contributed by atoms with van der Waals surface area (Å²) in [5.41, 5.74) is 4.08. The van der Waals surface area contributed by atoms with Crippen LogP contribution in [0.1, 0.15) is 33.6 Å². The molecule has 3 N–H and O–H groups in total. The molecule has 0 aliphatic carbocycles. The first-order valence-corrected chi connectivity index (χ1v) is 7.36. The van der Waals surface area contributed by atoms with E-state index in [2.05, 4.69) is 5.32 Å². The van der Waals surface area contributed by atoms with Crippen LogP contribution >= 0.6 is 0 Å². The van der Waals surface area contributed by atoms with Crippen LogP contribution in [0.15, 0.2) is 0 Å². The largest absolute Gasteiger partial charge is 0.444 e. The Labute approximate surface area is 125 Å². The summed E-state index contributed by atoms with van der Waals surface area (Å²) in [6.07, 6.45) is 1.73. The van der Waals surface area contributed by atoms with Crippen LogP contribution in [0.3, 0.4) is 0 Å². The Balaban J connectivity index is 1.85. The summed E-state index contributed by atoms with van der Waals surface area (Å²) >= 11 is 0. The maximum absolute atomic E-state index is 11.9. The number of rotatable bonds is 4. The third-order valence-corrected chi connectivity index (χ3v) is 3.74. The maximum Gasteiger partial charge on any atom is 0.410 e. The van der Waals surface area contributed by atoms with Gasteiger partial charge < -0.3 is 20.1 Å². The van der Waals surface area contributed by atoms with Gasteiger partial charge in [0, 0.05) is 13.2 Å². The minimum absolute atomic E-state index is 0.122. The van der Waals surface area contributed by atoms with E-state index in [0.29, 0.717) is 6.54 Å². The third-order valence-electron chi connectivity index (χ3n) is 3.74. The SMILES string of the molecule is CC(C)(C)OC(=O)N1CC(NCC2CCCO2)(C(N)=O)C1. The summed E-state index contributed by atoms with van der Waals surface area (Å²) in [4.78, 5) is 25.1. The van der Waals surface area contributed by atoms with Gasteiger partial charge in [-0.05, 0) is 33.6 Å². The van der Waals surface area contributed by atoms with Crippen molar-refractivity contribution in [2.45, 2.75) is 50.9 Å². The summed E-state index contributed by atoms with van der Waals surface area (Å²) in [5.74, 6) is -0.444. The molecule has 1 atom stereocenters. The number of carbonyl (C=O) groups excluding carboxylic acids is 2. The van der Waals surface area contributed by atoms with Crippen molar-refractivity contribution in [3.63, 3.8) is 0 Å². The lowest BCUT2D eigenvalue weighted by molar-refractivity contribution is -0.131. The highest BCUT2D eigenvalue weighted by molar-refractivity contribution is 5.88. The average Bonchev–Trinajstić information content (AvgIpc) is 2.77. The number of carbonyl (C=O) groups is 2. The highest BCUT2D eigenvalue weighted by atomic mass is 16.6. The van der Waals surface area contributed by atoms with Crippen LogP contribution < -0.4 is 11.1 Å². The molecule has 0 bridgehead atoms. The molecule has 2 amide bonds. The van der Waals surface area contributed by atoms with E-state index in [0.717, 1.165) is 19.4 Å². The first kappa shape index (κ1) is 16.0. The van der Waals surface area contributed by atoms with E-state index < -0.39 is 23.1 Å². The number of likely N-dealkylation sites (tertiary alicyclic amines) is 1. The van der Waals surface area contributed by atoms with Crippen LogP contribution in [-0.2, 0) is 14.3 Å². The molecule has 7 nitrogen and oxygen atoms in total. The second-order valence-electron chi connectivity index (χ2n) is 6.80. The van der Waals surface area contributed by atoms with Gasteiger partial charge in [-0.25, -0.2) is 4.79 Å². The molecule has 0 spiro atoms. The fraction of sp³-hybridized carbons (Fsp3) is 0.857. The topological polar surface area (TPSA) is 93.9 Å². The molecule has 2 aliphatic rings. The monoisotopic (exact) mass is 299 g/mol. The van der Waals surface area contributed by atoms with Gasteiger partial charge in [0.1, 0.15) is 11.1 Å². The van der Waals surface area contributed by atoms with Crippen molar-refractivity contribution in [2.24, 2.45) is 5.73 Å². The van der Waals surface area contributed by atoms with Crippen LogP contribution in [-0.4, -0.2) is 60.4 Å². The van der Waals surface area contributed by atoms with Crippen molar-refractivity contribution in [2.75, 3.05) is 26.2 Å². The van der Waals surface area contributed by atoms with Gasteiger partial charge in [-0.1, -0.05) is 0 Å². The molecule has 0 aromatic rings. The highest BCUT2D eigenvalue weighted by Crippen LogP contribution is 2.24. The molecule has 21 heavy (non-hydrogen) atoms. The van der Waals surface area contributed by atoms with Crippen molar-refractivity contribution >= 4 is 12.0 Å². The van der Waals surface area contributed by atoms with E-state index in [9.17, 15) is 9.59 Å². The van der Waals surface area contributed by atoms with Crippen LogP contribution in [0.4, 0.5) is 4.79 Å². The number of nitrogens with one attached hydrogen (secondary N) is 1. The number of hydrogen-bond donors (Lipinski definition) is 2. The maximum atomic E-state index is 11.9. The lowest BCUT2D eigenvalue weighted by atomic mass is 9.89. The first-order valence-electron chi connectivity index (χ1n) is 7.36. The predicted octanol–water partition coefficient (Wildman–Crippen LogP) is 0.230. The van der Waals surface area contributed by atoms with E-state index in [4.69, 9.17) is 15.2 Å². The van der Waals surface area contributed by atoms with Gasteiger partial charge in [0.2, 0.25) is 5.91 Å². The zero-order chi connectivity index (χ0) is 15.7. The number of nitrogens with zero attached hydrogens (tertiary/aromatic N) is 1. The van der Waals surface area contributed by atoms with Gasteiger partial charge in [-0.15, -0.1) is 0 Å². The quantitative estimate of drug-likeness (QED) is 0.775. The molecule has 0 aromatic carbocycles. The Hall–Kier alpha value is -1.34. The van der Waals surface area contributed by atoms with Crippen molar-refractivity contribution in [1.29, 1.82) is 0 Å². The van der Waals surface area contributed by atoms with Crippen LogP contribution in [0.5, 0.6) is 0 Å². The Morgan fingerprint density at radius 3 is 2.57 bits per heavy atom. The lowest BCUT2D eigenvalue weighted by Gasteiger charge is -2.48. The molecular weight excluding hydrogens is 274 g/mol. The molecule has 0 radical (unpaired) electrons. The Bertz CT molecular complexity index is 407. The van der Waals surface area contributed by atoms with E-state index in [1.54, 1.807) is 0 Å². The second kappa shape index (κ2) is 5.81. The molecule has 2 rings (SSSR count). The van der Waals surface area contributed by atoms with Crippen molar-refractivity contribution in [3.8, 4) is 0 Å². The molecule has 1 unspecified atom stereocenters. The van der Waals surface area contributed by atoms with Crippen LogP contribution in [0.2, 0.25) is 0 Å². The van der Waals surface area contributed by atoms with Gasteiger partial charge >= 0.3 is 6.09 Å². The van der Waals surface area contributed by atoms with Gasteiger partial charge in [-0.3, -0.25) is 10.1 Å². The molecule has 2 fully saturated rings. The fourth-order valence-corrected chi connectivity index (χ4v) is 2.53. The third kappa shape index (κ3) is 3.85. The zero-order valence-electron chi connectivity index (χ0n) is 13.0. The summed E-state index contributed by atoms with van der Waals surface area (Å²) < 4.78 is 10.8. The smallest absolute Gasteiger partial charge is 0.410 e. The lowest BCUT2D eigenvalue weighted by Crippen LogP contribution is -2.76. The molecular formula is C14H25N3O4.